The van der Waals surface area contributed by atoms with Crippen LogP contribution in [0.1, 0.15) is 12.8 Å². The molecule has 0 amide bonds. The van der Waals surface area contributed by atoms with Crippen LogP contribution in [0.3, 0.4) is 0 Å². The molecule has 0 fully saturated rings. The average molecular weight is 334 g/mol. The Labute approximate surface area is 127 Å². The van der Waals surface area contributed by atoms with Gasteiger partial charge in [0, 0.05) is 12.6 Å². The zero-order valence-corrected chi connectivity index (χ0v) is 13.2. The highest BCUT2D eigenvalue weighted by Crippen LogP contribution is 2.26. The summed E-state index contributed by atoms with van der Waals surface area (Å²) in [5.41, 5.74) is 2.00. The van der Waals surface area contributed by atoms with E-state index in [9.17, 15) is 18.5 Å². The summed E-state index contributed by atoms with van der Waals surface area (Å²) < 4.78 is 26.6. The first-order chi connectivity index (χ1) is 9.92. The Bertz CT molecular complexity index is 592. The molecule has 0 unspecified atom stereocenters. The monoisotopic (exact) mass is 334 g/mol. The molecule has 4 N–H and O–H groups in total. The Kier molecular flexibility index (Phi) is 6.89. The Morgan fingerprint density at radius 2 is 2.10 bits per heavy atom. The van der Waals surface area contributed by atoms with Crippen LogP contribution in [0.4, 0.5) is 11.4 Å². The van der Waals surface area contributed by atoms with Crippen LogP contribution in [0.2, 0.25) is 0 Å². The van der Waals surface area contributed by atoms with Gasteiger partial charge in [0.15, 0.2) is 4.90 Å². The molecule has 0 aliphatic carbocycles. The normalized spacial score (nSPS) is 11.3. The minimum atomic E-state index is -3.92. The third kappa shape index (κ3) is 5.16. The van der Waals surface area contributed by atoms with Gasteiger partial charge in [-0.05, 0) is 37.0 Å². The van der Waals surface area contributed by atoms with E-state index in [4.69, 9.17) is 5.84 Å². The molecule has 0 atom stereocenters. The van der Waals surface area contributed by atoms with Crippen molar-refractivity contribution in [2.75, 3.05) is 24.0 Å². The second-order valence-corrected chi connectivity index (χ2v) is 6.90. The minimum Gasteiger partial charge on any atom is -0.324 e. The molecule has 0 bridgehead atoms. The predicted molar refractivity (Wildman–Crippen MR) is 83.7 cm³/mol. The lowest BCUT2D eigenvalue weighted by Gasteiger charge is -2.08. The molecule has 1 aromatic rings. The predicted octanol–water partition coefficient (Wildman–Crippen LogP) is 1.30. The Morgan fingerprint density at radius 3 is 2.67 bits per heavy atom. The molecule has 0 aliphatic heterocycles. The van der Waals surface area contributed by atoms with Crippen LogP contribution in [0, 0.1) is 10.1 Å². The van der Waals surface area contributed by atoms with Crippen LogP contribution >= 0.6 is 11.8 Å². The van der Waals surface area contributed by atoms with Crippen molar-refractivity contribution < 1.29 is 13.3 Å². The van der Waals surface area contributed by atoms with Gasteiger partial charge in [-0.15, -0.1) is 0 Å². The quantitative estimate of drug-likeness (QED) is 0.269. The van der Waals surface area contributed by atoms with E-state index < -0.39 is 20.6 Å². The Hall–Kier alpha value is -1.36. The van der Waals surface area contributed by atoms with Crippen molar-refractivity contribution in [2.24, 2.45) is 5.84 Å². The maximum absolute atomic E-state index is 12.1. The number of hydrogen-bond acceptors (Lipinski definition) is 7. The second-order valence-electron chi connectivity index (χ2n) is 4.18. The smallest absolute Gasteiger partial charge is 0.291 e. The third-order valence-corrected chi connectivity index (χ3v) is 4.88. The van der Waals surface area contributed by atoms with E-state index in [2.05, 4.69) is 10.1 Å². The summed E-state index contributed by atoms with van der Waals surface area (Å²) in [6, 6.07) is 3.62. The number of hydrogen-bond donors (Lipinski definition) is 3. The number of nitrogens with zero attached hydrogens (tertiary/aromatic N) is 1. The van der Waals surface area contributed by atoms with Crippen LogP contribution in [0.25, 0.3) is 0 Å². The van der Waals surface area contributed by atoms with Gasteiger partial charge in [0.05, 0.1) is 10.6 Å². The van der Waals surface area contributed by atoms with Crippen molar-refractivity contribution in [3.8, 4) is 0 Å². The van der Waals surface area contributed by atoms with E-state index in [-0.39, 0.29) is 17.1 Å². The number of nitrogens with two attached hydrogens (primary N) is 1. The molecular weight excluding hydrogens is 316 g/mol. The summed E-state index contributed by atoms with van der Waals surface area (Å²) >= 11 is 1.68. The summed E-state index contributed by atoms with van der Waals surface area (Å²) in [6.45, 7) is 0.247. The number of nitrogens with one attached hydrogen (secondary N) is 2. The van der Waals surface area contributed by atoms with Gasteiger partial charge >= 0.3 is 0 Å². The number of anilines is 1. The molecule has 21 heavy (non-hydrogen) atoms. The van der Waals surface area contributed by atoms with E-state index in [0.717, 1.165) is 24.3 Å². The van der Waals surface area contributed by atoms with Gasteiger partial charge in [-0.2, -0.15) is 11.8 Å². The van der Waals surface area contributed by atoms with Gasteiger partial charge in [0.2, 0.25) is 10.0 Å². The van der Waals surface area contributed by atoms with Crippen molar-refractivity contribution in [3.05, 3.63) is 28.3 Å². The number of benzene rings is 1. The fraction of sp³-hybridized carbons (Fsp3) is 0.455. The molecule has 0 heterocycles. The summed E-state index contributed by atoms with van der Waals surface area (Å²) in [5, 5.41) is 11.0. The van der Waals surface area contributed by atoms with Gasteiger partial charge in [-0.1, -0.05) is 0 Å². The van der Waals surface area contributed by atoms with Crippen LogP contribution in [-0.4, -0.2) is 31.9 Å². The van der Waals surface area contributed by atoms with E-state index in [1.165, 1.54) is 6.07 Å². The van der Waals surface area contributed by atoms with Gasteiger partial charge in [-0.25, -0.2) is 13.1 Å². The SMILES string of the molecule is CSCCCCNS(=O)(=O)c1ccc(NN)cc1[N+](=O)[O-]. The van der Waals surface area contributed by atoms with Gasteiger partial charge < -0.3 is 5.43 Å². The molecule has 0 radical (unpaired) electrons. The number of rotatable bonds is 9. The molecule has 0 spiro atoms. The highest BCUT2D eigenvalue weighted by molar-refractivity contribution is 7.98. The molecule has 0 aromatic heterocycles. The fourth-order valence-corrected chi connectivity index (χ4v) is 3.35. The Morgan fingerprint density at radius 1 is 1.38 bits per heavy atom. The number of nitro benzene ring substituents is 1. The lowest BCUT2D eigenvalue weighted by Crippen LogP contribution is -2.25. The van der Waals surface area contributed by atoms with Gasteiger partial charge in [-0.3, -0.25) is 16.0 Å². The van der Waals surface area contributed by atoms with Crippen LogP contribution in [0.15, 0.2) is 23.1 Å². The van der Waals surface area contributed by atoms with Crippen LogP contribution in [0.5, 0.6) is 0 Å². The number of nitrogen functional groups attached to an aromatic ring is 1. The lowest BCUT2D eigenvalue weighted by atomic mass is 10.3. The highest BCUT2D eigenvalue weighted by Gasteiger charge is 2.25. The summed E-state index contributed by atoms with van der Waals surface area (Å²) in [5.74, 6) is 6.11. The molecule has 0 saturated heterocycles. The van der Waals surface area contributed by atoms with Crippen molar-refractivity contribution in [1.29, 1.82) is 0 Å². The molecule has 1 aromatic carbocycles. The second kappa shape index (κ2) is 8.17. The molecule has 0 aliphatic rings. The third-order valence-electron chi connectivity index (χ3n) is 2.68. The average Bonchev–Trinajstić information content (AvgIpc) is 2.46. The van der Waals surface area contributed by atoms with E-state index >= 15 is 0 Å². The maximum atomic E-state index is 12.1. The lowest BCUT2D eigenvalue weighted by molar-refractivity contribution is -0.387. The number of unbranched alkanes of at least 4 members (excludes halogenated alkanes) is 1. The van der Waals surface area contributed by atoms with E-state index in [0.29, 0.717) is 6.42 Å². The summed E-state index contributed by atoms with van der Waals surface area (Å²) in [4.78, 5) is 9.88. The number of thioether (sulfide) groups is 1. The molecule has 0 saturated carbocycles. The van der Waals surface area contributed by atoms with Gasteiger partial charge in [0.25, 0.3) is 5.69 Å². The van der Waals surface area contributed by atoms with Crippen molar-refractivity contribution >= 4 is 33.2 Å². The molecule has 10 heteroatoms. The topological polar surface area (TPSA) is 127 Å². The molecule has 118 valence electrons. The Balaban J connectivity index is 2.89. The number of sulfonamides is 1. The van der Waals surface area contributed by atoms with Gasteiger partial charge in [0.1, 0.15) is 0 Å². The molecular formula is C11H18N4O4S2. The highest BCUT2D eigenvalue weighted by atomic mass is 32.2. The zero-order chi connectivity index (χ0) is 15.9. The standard InChI is InChI=1S/C11H18N4O4S2/c1-20-7-3-2-6-13-21(18,19)11-5-4-9(14-12)8-10(11)15(16)17/h4-5,8,13-14H,2-3,6-7,12H2,1H3. The van der Waals surface area contributed by atoms with E-state index in [1.54, 1.807) is 11.8 Å². The first-order valence-corrected chi connectivity index (χ1v) is 9.03. The number of nitro groups is 1. The van der Waals surface area contributed by atoms with E-state index in [1.807, 2.05) is 6.26 Å². The fourth-order valence-electron chi connectivity index (χ4n) is 1.63. The molecule has 8 nitrogen and oxygen atoms in total. The van der Waals surface area contributed by atoms with Crippen LogP contribution < -0.4 is 16.0 Å². The largest absolute Gasteiger partial charge is 0.324 e. The summed E-state index contributed by atoms with van der Waals surface area (Å²) in [6.07, 6.45) is 3.53. The molecule has 1 rings (SSSR count). The first kappa shape index (κ1) is 17.7. The van der Waals surface area contributed by atoms with Crippen LogP contribution in [-0.2, 0) is 10.0 Å². The zero-order valence-electron chi connectivity index (χ0n) is 11.5. The van der Waals surface area contributed by atoms with Crippen molar-refractivity contribution in [3.63, 3.8) is 0 Å². The van der Waals surface area contributed by atoms with Crippen molar-refractivity contribution in [1.82, 2.24) is 4.72 Å². The number of hydrazine groups is 1. The minimum absolute atomic E-state index is 0.247. The maximum Gasteiger partial charge on any atom is 0.291 e. The summed E-state index contributed by atoms with van der Waals surface area (Å²) in [7, 11) is -3.92. The van der Waals surface area contributed by atoms with Crippen molar-refractivity contribution in [2.45, 2.75) is 17.7 Å². The first-order valence-electron chi connectivity index (χ1n) is 6.16.